The van der Waals surface area contributed by atoms with E-state index >= 15 is 0 Å². The van der Waals surface area contributed by atoms with E-state index in [4.69, 9.17) is 5.11 Å². The van der Waals surface area contributed by atoms with E-state index in [1.807, 2.05) is 19.0 Å². The Labute approximate surface area is 70.0 Å². The fourth-order valence-corrected chi connectivity index (χ4v) is 0.889. The number of imidazole rings is 1. The van der Waals surface area contributed by atoms with Crippen LogP contribution in [0.5, 0.6) is 0 Å². The number of aromatic carboxylic acids is 1. The summed E-state index contributed by atoms with van der Waals surface area (Å²) in [7, 11) is 3.81. The van der Waals surface area contributed by atoms with Gasteiger partial charge in [-0.15, -0.1) is 0 Å². The van der Waals surface area contributed by atoms with Crippen LogP contribution in [0, 0.1) is 0 Å². The van der Waals surface area contributed by atoms with Crippen LogP contribution in [0.25, 0.3) is 0 Å². The van der Waals surface area contributed by atoms with Gasteiger partial charge in [0.25, 0.3) is 0 Å². The number of carboxylic acid groups (broad SMARTS) is 1. The second-order valence-electron chi connectivity index (χ2n) is 2.80. The highest BCUT2D eigenvalue weighted by Crippen LogP contribution is 1.98. The molecule has 2 N–H and O–H groups in total. The van der Waals surface area contributed by atoms with E-state index in [1.54, 1.807) is 0 Å². The van der Waals surface area contributed by atoms with Crippen molar-refractivity contribution in [3.8, 4) is 0 Å². The van der Waals surface area contributed by atoms with Gasteiger partial charge in [-0.1, -0.05) is 0 Å². The molecule has 66 valence electrons. The molecule has 0 fully saturated rings. The van der Waals surface area contributed by atoms with Crippen LogP contribution in [0.3, 0.4) is 0 Å². The third kappa shape index (κ3) is 2.06. The highest BCUT2D eigenvalue weighted by molar-refractivity contribution is 5.83. The predicted molar refractivity (Wildman–Crippen MR) is 42.9 cm³/mol. The largest absolute Gasteiger partial charge is 0.475 e. The molecule has 0 radical (unpaired) electrons. The standard InChI is InChI=1S/C7H11N3O2/c1-10(2)4-5-3-8-6(9-5)7(11)12/h3H,4H2,1-2H3,(H,8,9)(H,11,12). The minimum Gasteiger partial charge on any atom is -0.475 e. The van der Waals surface area contributed by atoms with Gasteiger partial charge in [-0.05, 0) is 14.1 Å². The van der Waals surface area contributed by atoms with Gasteiger partial charge >= 0.3 is 5.97 Å². The van der Waals surface area contributed by atoms with Crippen LogP contribution in [0.15, 0.2) is 6.20 Å². The Morgan fingerprint density at radius 1 is 1.75 bits per heavy atom. The zero-order valence-electron chi connectivity index (χ0n) is 7.03. The number of hydrogen-bond donors (Lipinski definition) is 2. The number of nitrogens with zero attached hydrogens (tertiary/aromatic N) is 2. The number of nitrogens with one attached hydrogen (secondary N) is 1. The van der Waals surface area contributed by atoms with Crippen molar-refractivity contribution < 1.29 is 9.90 Å². The third-order valence-corrected chi connectivity index (χ3v) is 1.32. The first-order chi connectivity index (χ1) is 5.59. The molecule has 0 aromatic carbocycles. The Morgan fingerprint density at radius 2 is 2.42 bits per heavy atom. The zero-order valence-corrected chi connectivity index (χ0v) is 7.03. The Kier molecular flexibility index (Phi) is 2.44. The Hall–Kier alpha value is -1.36. The molecule has 0 bridgehead atoms. The lowest BCUT2D eigenvalue weighted by Crippen LogP contribution is -2.11. The van der Waals surface area contributed by atoms with Crippen LogP contribution in [0.4, 0.5) is 0 Å². The molecule has 1 rings (SSSR count). The maximum atomic E-state index is 10.4. The summed E-state index contributed by atoms with van der Waals surface area (Å²) < 4.78 is 0. The molecule has 0 saturated carbocycles. The molecule has 0 aliphatic heterocycles. The molecule has 0 amide bonds. The zero-order chi connectivity index (χ0) is 9.14. The van der Waals surface area contributed by atoms with Crippen LogP contribution in [-0.4, -0.2) is 40.0 Å². The quantitative estimate of drug-likeness (QED) is 0.676. The summed E-state index contributed by atoms with van der Waals surface area (Å²) >= 11 is 0. The third-order valence-electron chi connectivity index (χ3n) is 1.32. The fraction of sp³-hybridized carbons (Fsp3) is 0.429. The normalized spacial score (nSPS) is 10.6. The Morgan fingerprint density at radius 3 is 2.83 bits per heavy atom. The van der Waals surface area contributed by atoms with Crippen LogP contribution in [-0.2, 0) is 6.54 Å². The van der Waals surface area contributed by atoms with Gasteiger partial charge in [0.15, 0.2) is 0 Å². The van der Waals surface area contributed by atoms with E-state index in [0.29, 0.717) is 6.54 Å². The van der Waals surface area contributed by atoms with Gasteiger partial charge in [0.1, 0.15) is 0 Å². The van der Waals surface area contributed by atoms with E-state index in [9.17, 15) is 4.79 Å². The van der Waals surface area contributed by atoms with E-state index < -0.39 is 5.97 Å². The monoisotopic (exact) mass is 169 g/mol. The van der Waals surface area contributed by atoms with Crippen molar-refractivity contribution >= 4 is 5.97 Å². The van der Waals surface area contributed by atoms with Crippen molar-refractivity contribution in [2.75, 3.05) is 14.1 Å². The fourth-order valence-electron chi connectivity index (χ4n) is 0.889. The van der Waals surface area contributed by atoms with Crippen LogP contribution >= 0.6 is 0 Å². The summed E-state index contributed by atoms with van der Waals surface area (Å²) in [6, 6.07) is 0. The number of H-pyrrole nitrogens is 1. The van der Waals surface area contributed by atoms with Gasteiger partial charge < -0.3 is 15.0 Å². The van der Waals surface area contributed by atoms with Crippen molar-refractivity contribution in [1.29, 1.82) is 0 Å². The summed E-state index contributed by atoms with van der Waals surface area (Å²) in [5.74, 6) is -1.04. The van der Waals surface area contributed by atoms with Gasteiger partial charge in [0, 0.05) is 12.2 Å². The summed E-state index contributed by atoms with van der Waals surface area (Å²) in [6.07, 6.45) is 1.53. The second kappa shape index (κ2) is 3.36. The number of carbonyl (C=O) groups is 1. The first kappa shape index (κ1) is 8.73. The van der Waals surface area contributed by atoms with Crippen molar-refractivity contribution in [2.24, 2.45) is 0 Å². The average molecular weight is 169 g/mol. The summed E-state index contributed by atoms with van der Waals surface area (Å²) in [6.45, 7) is 0.667. The van der Waals surface area contributed by atoms with E-state index in [1.165, 1.54) is 6.20 Å². The minimum absolute atomic E-state index is 0.00755. The van der Waals surface area contributed by atoms with E-state index in [2.05, 4.69) is 9.97 Å². The molecular formula is C7H11N3O2. The topological polar surface area (TPSA) is 69.2 Å². The molecule has 0 aliphatic rings. The Balaban J connectivity index is 2.71. The van der Waals surface area contributed by atoms with E-state index in [0.717, 1.165) is 5.69 Å². The summed E-state index contributed by atoms with van der Waals surface area (Å²) in [5, 5.41) is 8.52. The average Bonchev–Trinajstić information content (AvgIpc) is 2.34. The first-order valence-corrected chi connectivity index (χ1v) is 3.51. The highest BCUT2D eigenvalue weighted by atomic mass is 16.4. The molecule has 0 spiro atoms. The highest BCUT2D eigenvalue weighted by Gasteiger charge is 2.07. The number of aromatic nitrogens is 2. The first-order valence-electron chi connectivity index (χ1n) is 3.51. The van der Waals surface area contributed by atoms with Crippen molar-refractivity contribution in [3.63, 3.8) is 0 Å². The molecule has 0 aliphatic carbocycles. The lowest BCUT2D eigenvalue weighted by molar-refractivity contribution is 0.0684. The molecule has 5 heteroatoms. The van der Waals surface area contributed by atoms with Crippen molar-refractivity contribution in [3.05, 3.63) is 17.7 Å². The maximum absolute atomic E-state index is 10.4. The molecular weight excluding hydrogens is 158 g/mol. The molecule has 1 heterocycles. The number of carboxylic acids is 1. The number of aromatic amines is 1. The minimum atomic E-state index is -1.03. The molecule has 0 saturated heterocycles. The predicted octanol–water partition coefficient (Wildman–Crippen LogP) is 0.169. The van der Waals surface area contributed by atoms with Crippen molar-refractivity contribution in [1.82, 2.24) is 14.9 Å². The molecule has 1 aromatic rings. The van der Waals surface area contributed by atoms with Crippen LogP contribution in [0.1, 0.15) is 16.3 Å². The van der Waals surface area contributed by atoms with Gasteiger partial charge in [0.2, 0.25) is 5.82 Å². The second-order valence-corrected chi connectivity index (χ2v) is 2.80. The lowest BCUT2D eigenvalue weighted by Gasteiger charge is -2.05. The summed E-state index contributed by atoms with van der Waals surface area (Å²) in [5.41, 5.74) is 0.803. The van der Waals surface area contributed by atoms with Crippen LogP contribution < -0.4 is 0 Å². The smallest absolute Gasteiger partial charge is 0.371 e. The van der Waals surface area contributed by atoms with Gasteiger partial charge in [-0.2, -0.15) is 0 Å². The molecule has 12 heavy (non-hydrogen) atoms. The van der Waals surface area contributed by atoms with E-state index in [-0.39, 0.29) is 5.82 Å². The number of rotatable bonds is 3. The lowest BCUT2D eigenvalue weighted by atomic mass is 10.4. The molecule has 0 atom stereocenters. The molecule has 1 aromatic heterocycles. The van der Waals surface area contributed by atoms with Gasteiger partial charge in [0.05, 0.1) is 6.20 Å². The SMILES string of the molecule is CN(C)Cc1cnc(C(=O)O)[nH]1. The number of hydrogen-bond acceptors (Lipinski definition) is 3. The van der Waals surface area contributed by atoms with Gasteiger partial charge in [-0.3, -0.25) is 0 Å². The molecule has 0 unspecified atom stereocenters. The van der Waals surface area contributed by atoms with Gasteiger partial charge in [-0.25, -0.2) is 9.78 Å². The molecule has 5 nitrogen and oxygen atoms in total. The Bertz CT molecular complexity index is 280. The maximum Gasteiger partial charge on any atom is 0.371 e. The van der Waals surface area contributed by atoms with Crippen LogP contribution in [0.2, 0.25) is 0 Å². The van der Waals surface area contributed by atoms with Crippen molar-refractivity contribution in [2.45, 2.75) is 6.54 Å². The summed E-state index contributed by atoms with van der Waals surface area (Å²) in [4.78, 5) is 18.7.